The van der Waals surface area contributed by atoms with Crippen LogP contribution in [0.15, 0.2) is 29.2 Å². The Balaban J connectivity index is 3.08. The van der Waals surface area contributed by atoms with E-state index >= 15 is 0 Å². The maximum Gasteiger partial charge on any atom is 0.305 e. The first-order valence-corrected chi connectivity index (χ1v) is 8.55. The summed E-state index contributed by atoms with van der Waals surface area (Å²) >= 11 is 0. The molecule has 0 aliphatic rings. The van der Waals surface area contributed by atoms with Gasteiger partial charge in [-0.25, -0.2) is 13.1 Å². The van der Waals surface area contributed by atoms with Crippen molar-refractivity contribution >= 4 is 16.0 Å². The molecule has 0 amide bonds. The molecular weight excluding hydrogens is 326 g/mol. The molecule has 0 spiro atoms. The highest BCUT2D eigenvalue weighted by Crippen LogP contribution is 2.22. The summed E-state index contributed by atoms with van der Waals surface area (Å²) in [7, 11) is -4.14. The van der Waals surface area contributed by atoms with Gasteiger partial charge in [0.1, 0.15) is 10.6 Å². The van der Waals surface area contributed by atoms with Crippen LogP contribution in [0.4, 0.5) is 0 Å². The molecular formula is C14H21NO7S. The highest BCUT2D eigenvalue weighted by atomic mass is 32.2. The van der Waals surface area contributed by atoms with Crippen molar-refractivity contribution in [2.75, 3.05) is 13.2 Å². The summed E-state index contributed by atoms with van der Waals surface area (Å²) < 4.78 is 37.6. The number of carboxylic acids is 1. The molecule has 0 radical (unpaired) electrons. The summed E-state index contributed by atoms with van der Waals surface area (Å²) in [5.74, 6) is -1.64. The van der Waals surface area contributed by atoms with Crippen LogP contribution in [0.25, 0.3) is 0 Å². The molecule has 0 saturated carbocycles. The van der Waals surface area contributed by atoms with Crippen LogP contribution in [-0.2, 0) is 24.3 Å². The van der Waals surface area contributed by atoms with Crippen molar-refractivity contribution in [2.24, 2.45) is 0 Å². The third-order valence-corrected chi connectivity index (χ3v) is 4.38. The Bertz CT molecular complexity index is 611. The number of aromatic hydroxyl groups is 1. The molecule has 0 aliphatic heterocycles. The minimum atomic E-state index is -4.14. The number of carbonyl (C=O) groups is 1. The summed E-state index contributed by atoms with van der Waals surface area (Å²) in [5, 5.41) is 18.7. The zero-order valence-corrected chi connectivity index (χ0v) is 13.7. The van der Waals surface area contributed by atoms with Gasteiger partial charge in [0.05, 0.1) is 12.5 Å². The molecule has 1 aromatic rings. The number of ether oxygens (including phenoxy) is 2. The third kappa shape index (κ3) is 5.79. The maximum atomic E-state index is 12.4. The molecule has 1 rings (SSSR count). The van der Waals surface area contributed by atoms with Gasteiger partial charge in [0.2, 0.25) is 10.0 Å². The summed E-state index contributed by atoms with van der Waals surface area (Å²) in [4.78, 5) is 10.7. The molecule has 0 heterocycles. The molecule has 3 N–H and O–H groups in total. The van der Waals surface area contributed by atoms with E-state index in [1.54, 1.807) is 13.8 Å². The number of carboxylic acid groups (broad SMARTS) is 1. The number of nitrogens with one attached hydrogen (secondary N) is 1. The molecule has 0 aromatic heterocycles. The lowest BCUT2D eigenvalue weighted by Crippen LogP contribution is -2.47. The zero-order valence-electron chi connectivity index (χ0n) is 12.9. The van der Waals surface area contributed by atoms with Crippen molar-refractivity contribution < 1.29 is 32.9 Å². The minimum Gasteiger partial charge on any atom is -0.507 e. The molecule has 9 heteroatoms. The van der Waals surface area contributed by atoms with Crippen molar-refractivity contribution in [3.63, 3.8) is 0 Å². The Kier molecular flexibility index (Phi) is 7.43. The molecule has 0 unspecified atom stereocenters. The Hall–Kier alpha value is -1.68. The summed E-state index contributed by atoms with van der Waals surface area (Å²) in [6.45, 7) is 3.81. The van der Waals surface area contributed by atoms with Crippen molar-refractivity contribution in [1.82, 2.24) is 4.72 Å². The first-order valence-electron chi connectivity index (χ1n) is 7.07. The van der Waals surface area contributed by atoms with Crippen LogP contribution in [0.1, 0.15) is 20.3 Å². The zero-order chi connectivity index (χ0) is 17.5. The maximum absolute atomic E-state index is 12.4. The fourth-order valence-corrected chi connectivity index (χ4v) is 3.26. The number of aliphatic carboxylic acids is 1. The Morgan fingerprint density at radius 1 is 1.22 bits per heavy atom. The highest BCUT2D eigenvalue weighted by molar-refractivity contribution is 7.89. The topological polar surface area (TPSA) is 122 Å². The summed E-state index contributed by atoms with van der Waals surface area (Å²) in [6.07, 6.45) is -1.58. The van der Waals surface area contributed by atoms with Crippen molar-refractivity contribution in [3.8, 4) is 5.75 Å². The Morgan fingerprint density at radius 3 is 2.26 bits per heavy atom. The molecule has 0 aliphatic carbocycles. The second-order valence-electron chi connectivity index (χ2n) is 4.57. The van der Waals surface area contributed by atoms with Crippen LogP contribution in [0.5, 0.6) is 5.75 Å². The van der Waals surface area contributed by atoms with Gasteiger partial charge in [-0.1, -0.05) is 12.1 Å². The monoisotopic (exact) mass is 347 g/mol. The minimum absolute atomic E-state index is 0.221. The van der Waals surface area contributed by atoms with Gasteiger partial charge in [-0.3, -0.25) is 4.79 Å². The number of para-hydroxylation sites is 1. The van der Waals surface area contributed by atoms with E-state index in [4.69, 9.17) is 14.6 Å². The van der Waals surface area contributed by atoms with E-state index in [0.717, 1.165) is 0 Å². The van der Waals surface area contributed by atoms with E-state index in [9.17, 15) is 18.3 Å². The quantitative estimate of drug-likeness (QED) is 0.538. The lowest BCUT2D eigenvalue weighted by molar-refractivity contribution is -0.160. The van der Waals surface area contributed by atoms with Gasteiger partial charge in [-0.15, -0.1) is 0 Å². The second kappa shape index (κ2) is 8.82. The first kappa shape index (κ1) is 19.4. The predicted octanol–water partition coefficient (Wildman–Crippen LogP) is 0.913. The lowest BCUT2D eigenvalue weighted by atomic mass is 10.2. The van der Waals surface area contributed by atoms with Crippen molar-refractivity contribution in [1.29, 1.82) is 0 Å². The van der Waals surface area contributed by atoms with Crippen LogP contribution in [-0.4, -0.2) is 50.1 Å². The number of sulfonamides is 1. The van der Waals surface area contributed by atoms with Gasteiger partial charge in [0.15, 0.2) is 6.29 Å². The average Bonchev–Trinajstić information content (AvgIpc) is 2.46. The van der Waals surface area contributed by atoms with E-state index in [1.807, 2.05) is 0 Å². The van der Waals surface area contributed by atoms with Gasteiger partial charge < -0.3 is 19.7 Å². The smallest absolute Gasteiger partial charge is 0.305 e. The highest BCUT2D eigenvalue weighted by Gasteiger charge is 2.31. The average molecular weight is 347 g/mol. The van der Waals surface area contributed by atoms with Crippen molar-refractivity contribution in [2.45, 2.75) is 37.5 Å². The van der Waals surface area contributed by atoms with Crippen LogP contribution in [0.2, 0.25) is 0 Å². The molecule has 0 fully saturated rings. The molecule has 23 heavy (non-hydrogen) atoms. The van der Waals surface area contributed by atoms with E-state index in [-0.39, 0.29) is 18.1 Å². The van der Waals surface area contributed by atoms with Crippen LogP contribution < -0.4 is 4.72 Å². The van der Waals surface area contributed by atoms with Gasteiger partial charge in [0, 0.05) is 13.2 Å². The van der Waals surface area contributed by atoms with E-state index < -0.39 is 40.5 Å². The molecule has 0 bridgehead atoms. The predicted molar refractivity (Wildman–Crippen MR) is 81.5 cm³/mol. The summed E-state index contributed by atoms with van der Waals surface area (Å²) in [5.41, 5.74) is 0. The number of phenolic OH excluding ortho intramolecular Hbond substituents is 1. The standard InChI is InChI=1S/C14H21NO7S/c1-3-21-14(22-4-2)10(9-13(17)18)15-23(19,20)12-8-6-5-7-11(12)16/h5-8,10,14-16H,3-4,9H2,1-2H3,(H,17,18)/t10-/m0/s1. The molecule has 1 aromatic carbocycles. The number of hydrogen-bond acceptors (Lipinski definition) is 6. The normalized spacial score (nSPS) is 13.2. The fourth-order valence-electron chi connectivity index (χ4n) is 1.94. The van der Waals surface area contributed by atoms with Crippen LogP contribution >= 0.6 is 0 Å². The van der Waals surface area contributed by atoms with E-state index in [1.165, 1.54) is 24.3 Å². The third-order valence-electron chi connectivity index (χ3n) is 2.85. The van der Waals surface area contributed by atoms with E-state index in [0.29, 0.717) is 0 Å². The first-order chi connectivity index (χ1) is 10.8. The van der Waals surface area contributed by atoms with Gasteiger partial charge in [0.25, 0.3) is 0 Å². The van der Waals surface area contributed by atoms with Gasteiger partial charge >= 0.3 is 5.97 Å². The van der Waals surface area contributed by atoms with E-state index in [2.05, 4.69) is 4.72 Å². The number of rotatable bonds is 10. The lowest BCUT2D eigenvalue weighted by Gasteiger charge is -2.26. The van der Waals surface area contributed by atoms with Gasteiger partial charge in [-0.05, 0) is 26.0 Å². The molecule has 0 saturated heterocycles. The second-order valence-corrected chi connectivity index (χ2v) is 6.25. The molecule has 8 nitrogen and oxygen atoms in total. The Labute approximate surface area is 135 Å². The SMILES string of the molecule is CCOC(OCC)[C@H](CC(=O)O)NS(=O)(=O)c1ccccc1O. The van der Waals surface area contributed by atoms with Crippen LogP contribution in [0, 0.1) is 0 Å². The molecule has 1 atom stereocenters. The molecule has 130 valence electrons. The fraction of sp³-hybridized carbons (Fsp3) is 0.500. The number of phenols is 1. The number of hydrogen-bond donors (Lipinski definition) is 3. The largest absolute Gasteiger partial charge is 0.507 e. The number of benzene rings is 1. The van der Waals surface area contributed by atoms with Gasteiger partial charge in [-0.2, -0.15) is 0 Å². The Morgan fingerprint density at radius 2 is 1.78 bits per heavy atom. The van der Waals surface area contributed by atoms with Crippen molar-refractivity contribution in [3.05, 3.63) is 24.3 Å². The summed E-state index contributed by atoms with van der Waals surface area (Å²) in [6, 6.07) is 4.22. The van der Waals surface area contributed by atoms with Crippen LogP contribution in [0.3, 0.4) is 0 Å².